The van der Waals surface area contributed by atoms with Crippen LogP contribution in [0.15, 0.2) is 29.0 Å². The second kappa shape index (κ2) is 3.64. The van der Waals surface area contributed by atoms with E-state index in [9.17, 15) is 0 Å². The molecule has 0 amide bonds. The van der Waals surface area contributed by atoms with E-state index in [0.717, 1.165) is 35.8 Å². The van der Waals surface area contributed by atoms with Gasteiger partial charge < -0.3 is 14.9 Å². The Labute approximate surface area is 93.0 Å². The molecule has 0 spiro atoms. The first-order valence-corrected chi connectivity index (χ1v) is 5.27. The summed E-state index contributed by atoms with van der Waals surface area (Å²) in [4.78, 5) is 4.08. The largest absolute Gasteiger partial charge is 0.493 e. The third-order valence-corrected chi connectivity index (χ3v) is 2.79. The van der Waals surface area contributed by atoms with E-state index in [2.05, 4.69) is 11.1 Å². The molecule has 0 saturated carbocycles. The number of nitrogens with two attached hydrogens (primary N) is 1. The van der Waals surface area contributed by atoms with Gasteiger partial charge in [-0.05, 0) is 23.8 Å². The molecule has 1 aliphatic rings. The highest BCUT2D eigenvalue weighted by Gasteiger charge is 2.15. The van der Waals surface area contributed by atoms with Crippen molar-refractivity contribution in [3.8, 4) is 17.1 Å². The highest BCUT2D eigenvalue weighted by atomic mass is 16.5. The summed E-state index contributed by atoms with van der Waals surface area (Å²) >= 11 is 0. The minimum absolute atomic E-state index is 0.388. The van der Waals surface area contributed by atoms with E-state index < -0.39 is 0 Å². The molecule has 0 fully saturated rings. The number of oxazole rings is 1. The van der Waals surface area contributed by atoms with Crippen molar-refractivity contribution in [2.45, 2.75) is 13.0 Å². The van der Waals surface area contributed by atoms with Crippen molar-refractivity contribution in [1.82, 2.24) is 4.98 Å². The van der Waals surface area contributed by atoms with Crippen LogP contribution >= 0.6 is 0 Å². The van der Waals surface area contributed by atoms with Gasteiger partial charge in [-0.3, -0.25) is 0 Å². The summed E-state index contributed by atoms with van der Waals surface area (Å²) in [6, 6.07) is 6.03. The lowest BCUT2D eigenvalue weighted by atomic mass is 10.1. The summed E-state index contributed by atoms with van der Waals surface area (Å²) in [5.74, 6) is 1.73. The van der Waals surface area contributed by atoms with Gasteiger partial charge in [0.25, 0.3) is 0 Å². The zero-order valence-electron chi connectivity index (χ0n) is 8.77. The van der Waals surface area contributed by atoms with Crippen LogP contribution in [0, 0.1) is 0 Å². The Kier molecular flexibility index (Phi) is 2.15. The summed E-state index contributed by atoms with van der Waals surface area (Å²) in [6.07, 6.45) is 2.39. The van der Waals surface area contributed by atoms with E-state index in [-0.39, 0.29) is 0 Å². The molecular formula is C12H12N2O2. The Morgan fingerprint density at radius 3 is 3.19 bits per heavy atom. The molecule has 4 nitrogen and oxygen atoms in total. The van der Waals surface area contributed by atoms with Crippen LogP contribution in [0.5, 0.6) is 5.75 Å². The second-order valence-electron chi connectivity index (χ2n) is 3.75. The Bertz CT molecular complexity index is 519. The summed E-state index contributed by atoms with van der Waals surface area (Å²) in [5.41, 5.74) is 8.62. The molecule has 0 saturated heterocycles. The second-order valence-corrected chi connectivity index (χ2v) is 3.75. The molecule has 0 atom stereocenters. The maximum atomic E-state index is 5.60. The molecule has 2 N–H and O–H groups in total. The van der Waals surface area contributed by atoms with Gasteiger partial charge in [-0.1, -0.05) is 0 Å². The number of aromatic nitrogens is 1. The Hall–Kier alpha value is -1.81. The van der Waals surface area contributed by atoms with Gasteiger partial charge in [0.05, 0.1) is 6.61 Å². The molecule has 3 rings (SSSR count). The van der Waals surface area contributed by atoms with Crippen LogP contribution in [0.3, 0.4) is 0 Å². The zero-order valence-corrected chi connectivity index (χ0v) is 8.77. The normalized spacial score (nSPS) is 13.6. The third-order valence-electron chi connectivity index (χ3n) is 2.79. The average molecular weight is 216 g/mol. The van der Waals surface area contributed by atoms with Gasteiger partial charge in [-0.25, -0.2) is 4.98 Å². The van der Waals surface area contributed by atoms with Crippen molar-refractivity contribution in [2.24, 2.45) is 5.73 Å². The van der Waals surface area contributed by atoms with E-state index in [0.29, 0.717) is 6.54 Å². The number of hydrogen-bond donors (Lipinski definition) is 1. The maximum absolute atomic E-state index is 5.60. The number of rotatable bonds is 2. The third kappa shape index (κ3) is 1.39. The van der Waals surface area contributed by atoms with Crippen molar-refractivity contribution in [1.29, 1.82) is 0 Å². The van der Waals surface area contributed by atoms with E-state index in [1.54, 1.807) is 0 Å². The molecule has 0 bridgehead atoms. The van der Waals surface area contributed by atoms with Gasteiger partial charge in [-0.15, -0.1) is 0 Å². The molecule has 0 unspecified atom stereocenters. The van der Waals surface area contributed by atoms with E-state index in [1.165, 1.54) is 12.0 Å². The molecule has 4 heteroatoms. The van der Waals surface area contributed by atoms with E-state index in [1.807, 2.05) is 12.1 Å². The Balaban J connectivity index is 2.07. The summed E-state index contributed by atoms with van der Waals surface area (Å²) in [6.45, 7) is 1.15. The van der Waals surface area contributed by atoms with Gasteiger partial charge in [0.1, 0.15) is 11.4 Å². The molecule has 0 radical (unpaired) electrons. The van der Waals surface area contributed by atoms with E-state index in [4.69, 9.17) is 14.9 Å². The van der Waals surface area contributed by atoms with Crippen molar-refractivity contribution in [3.63, 3.8) is 0 Å². The average Bonchev–Trinajstić information content (AvgIpc) is 2.96. The monoisotopic (exact) mass is 216 g/mol. The molecule has 82 valence electrons. The molecular weight excluding hydrogens is 204 g/mol. The summed E-state index contributed by atoms with van der Waals surface area (Å²) < 4.78 is 10.8. The lowest BCUT2D eigenvalue weighted by molar-refractivity contribution is 0.357. The number of benzene rings is 1. The van der Waals surface area contributed by atoms with Gasteiger partial charge in [0, 0.05) is 18.5 Å². The first-order valence-electron chi connectivity index (χ1n) is 5.27. The SMILES string of the molecule is NCc1ncoc1-c1ccc2c(c1)CCO2. The van der Waals surface area contributed by atoms with Crippen LogP contribution in [0.2, 0.25) is 0 Å². The number of hydrogen-bond acceptors (Lipinski definition) is 4. The predicted molar refractivity (Wildman–Crippen MR) is 59.0 cm³/mol. The van der Waals surface area contributed by atoms with Crippen molar-refractivity contribution in [2.75, 3.05) is 6.61 Å². The fraction of sp³-hybridized carbons (Fsp3) is 0.250. The fourth-order valence-corrected chi connectivity index (χ4v) is 1.98. The Morgan fingerprint density at radius 1 is 1.38 bits per heavy atom. The number of ether oxygens (including phenoxy) is 1. The lowest BCUT2D eigenvalue weighted by Gasteiger charge is -2.02. The topological polar surface area (TPSA) is 61.3 Å². The van der Waals surface area contributed by atoms with E-state index >= 15 is 0 Å². The maximum Gasteiger partial charge on any atom is 0.181 e. The van der Waals surface area contributed by atoms with Crippen LogP contribution in [-0.2, 0) is 13.0 Å². The summed E-state index contributed by atoms with van der Waals surface area (Å²) in [7, 11) is 0. The minimum atomic E-state index is 0.388. The van der Waals surface area contributed by atoms with Gasteiger partial charge >= 0.3 is 0 Å². The van der Waals surface area contributed by atoms with Crippen molar-refractivity contribution in [3.05, 3.63) is 35.9 Å². The van der Waals surface area contributed by atoms with Crippen molar-refractivity contribution >= 4 is 0 Å². The number of nitrogens with zero attached hydrogens (tertiary/aromatic N) is 1. The molecule has 1 aromatic carbocycles. The molecule has 2 aromatic rings. The molecule has 1 aliphatic heterocycles. The first kappa shape index (κ1) is 9.42. The molecule has 1 aromatic heterocycles. The van der Waals surface area contributed by atoms with Crippen molar-refractivity contribution < 1.29 is 9.15 Å². The van der Waals surface area contributed by atoms with Gasteiger partial charge in [0.15, 0.2) is 12.2 Å². The van der Waals surface area contributed by atoms with Crippen LogP contribution in [-0.4, -0.2) is 11.6 Å². The molecule has 0 aliphatic carbocycles. The standard InChI is InChI=1S/C12H12N2O2/c13-6-10-12(16-7-14-10)9-1-2-11-8(5-9)3-4-15-11/h1-2,5,7H,3-4,6,13H2. The van der Waals surface area contributed by atoms with Gasteiger partial charge in [-0.2, -0.15) is 0 Å². The lowest BCUT2D eigenvalue weighted by Crippen LogP contribution is -1.98. The minimum Gasteiger partial charge on any atom is -0.493 e. The smallest absolute Gasteiger partial charge is 0.181 e. The van der Waals surface area contributed by atoms with Crippen LogP contribution < -0.4 is 10.5 Å². The summed E-state index contributed by atoms with van der Waals surface area (Å²) in [5, 5.41) is 0. The quantitative estimate of drug-likeness (QED) is 0.830. The van der Waals surface area contributed by atoms with Gasteiger partial charge in [0.2, 0.25) is 0 Å². The molecule has 16 heavy (non-hydrogen) atoms. The number of fused-ring (bicyclic) bond motifs is 1. The molecule has 2 heterocycles. The van der Waals surface area contributed by atoms with Crippen LogP contribution in [0.1, 0.15) is 11.3 Å². The van der Waals surface area contributed by atoms with Crippen LogP contribution in [0.4, 0.5) is 0 Å². The highest BCUT2D eigenvalue weighted by molar-refractivity contribution is 5.63. The fourth-order valence-electron chi connectivity index (χ4n) is 1.98. The highest BCUT2D eigenvalue weighted by Crippen LogP contribution is 2.31. The zero-order chi connectivity index (χ0) is 11.0. The van der Waals surface area contributed by atoms with Crippen LogP contribution in [0.25, 0.3) is 11.3 Å². The predicted octanol–water partition coefficient (Wildman–Crippen LogP) is 1.74. The Morgan fingerprint density at radius 2 is 2.31 bits per heavy atom. The first-order chi connectivity index (χ1) is 7.88.